The van der Waals surface area contributed by atoms with E-state index in [0.29, 0.717) is 47.8 Å². The molecule has 0 aliphatic carbocycles. The Hall–Kier alpha value is -3.23. The molecule has 3 amide bonds. The van der Waals surface area contributed by atoms with Crippen LogP contribution in [0, 0.1) is 0 Å². The number of amides is 3. The van der Waals surface area contributed by atoms with Crippen molar-refractivity contribution in [3.63, 3.8) is 0 Å². The van der Waals surface area contributed by atoms with Gasteiger partial charge in [0.2, 0.25) is 0 Å². The molecule has 1 unspecified atom stereocenters. The van der Waals surface area contributed by atoms with Gasteiger partial charge < -0.3 is 29.7 Å². The third-order valence-corrected chi connectivity index (χ3v) is 5.14. The Morgan fingerprint density at radius 3 is 2.36 bits per heavy atom. The van der Waals surface area contributed by atoms with Crippen LogP contribution in [-0.2, 0) is 14.3 Å². The summed E-state index contributed by atoms with van der Waals surface area (Å²) < 4.78 is 16.5. The van der Waals surface area contributed by atoms with E-state index in [-0.39, 0.29) is 19.1 Å². The number of esters is 1. The van der Waals surface area contributed by atoms with E-state index in [2.05, 4.69) is 10.6 Å². The van der Waals surface area contributed by atoms with Crippen molar-refractivity contribution in [3.8, 4) is 11.5 Å². The van der Waals surface area contributed by atoms with Crippen molar-refractivity contribution in [1.82, 2.24) is 15.5 Å². The number of nitrogens with zero attached hydrogens (tertiary/aromatic N) is 1. The molecular weight excluding hydrogens is 426 g/mol. The number of methoxy groups -OCH3 is 1. The van der Waals surface area contributed by atoms with E-state index in [0.717, 1.165) is 12.8 Å². The molecule has 2 N–H and O–H groups in total. The van der Waals surface area contributed by atoms with Crippen molar-refractivity contribution < 1.29 is 28.6 Å². The van der Waals surface area contributed by atoms with Crippen LogP contribution in [0.15, 0.2) is 29.5 Å². The predicted molar refractivity (Wildman–Crippen MR) is 124 cm³/mol. The van der Waals surface area contributed by atoms with Crippen LogP contribution in [-0.4, -0.2) is 56.2 Å². The Labute approximate surface area is 195 Å². The third-order valence-electron chi connectivity index (χ3n) is 5.14. The Morgan fingerprint density at radius 2 is 1.76 bits per heavy atom. The van der Waals surface area contributed by atoms with E-state index >= 15 is 0 Å². The van der Waals surface area contributed by atoms with E-state index in [1.54, 1.807) is 30.0 Å². The summed E-state index contributed by atoms with van der Waals surface area (Å²) in [7, 11) is 1.49. The first kappa shape index (κ1) is 26.0. The molecule has 0 saturated heterocycles. The van der Waals surface area contributed by atoms with Gasteiger partial charge in [-0.3, -0.25) is 4.79 Å². The molecule has 0 spiro atoms. The lowest BCUT2D eigenvalue weighted by molar-refractivity contribution is -0.139. The molecule has 0 saturated carbocycles. The van der Waals surface area contributed by atoms with Crippen LogP contribution in [0.5, 0.6) is 11.5 Å². The fourth-order valence-corrected chi connectivity index (χ4v) is 3.60. The number of carbonyl (C=O) groups is 3. The largest absolute Gasteiger partial charge is 0.493 e. The minimum absolute atomic E-state index is 0.0880. The molecule has 0 fully saturated rings. The Morgan fingerprint density at radius 1 is 1.06 bits per heavy atom. The summed E-state index contributed by atoms with van der Waals surface area (Å²) in [4.78, 5) is 39.1. The first-order valence-electron chi connectivity index (χ1n) is 11.4. The molecule has 33 heavy (non-hydrogen) atoms. The quantitative estimate of drug-likeness (QED) is 0.463. The maximum atomic E-state index is 12.7. The summed E-state index contributed by atoms with van der Waals surface area (Å²) in [5.74, 6) is 0.210. The molecule has 9 heteroatoms. The van der Waals surface area contributed by atoms with Crippen LogP contribution in [0.4, 0.5) is 4.79 Å². The molecule has 182 valence electrons. The Bertz CT molecular complexity index is 877. The summed E-state index contributed by atoms with van der Waals surface area (Å²) in [5.41, 5.74) is 1.38. The zero-order valence-corrected chi connectivity index (χ0v) is 20.2. The number of hydrogen-bond donors (Lipinski definition) is 2. The van der Waals surface area contributed by atoms with E-state index in [1.807, 2.05) is 20.8 Å². The highest BCUT2D eigenvalue weighted by molar-refractivity contribution is 5.95. The summed E-state index contributed by atoms with van der Waals surface area (Å²) in [5, 5.41) is 5.39. The van der Waals surface area contributed by atoms with Gasteiger partial charge in [-0.2, -0.15) is 0 Å². The lowest BCUT2D eigenvalue weighted by Crippen LogP contribution is -2.45. The molecule has 9 nitrogen and oxygen atoms in total. The standard InChI is InChI=1S/C24H35N3O6/c1-6-11-27(12-7-2)20(28)15-33-18-10-9-17(14-19(18)31-5)22-21(23(29)32-13-8-3)16(4)25-24(30)26-22/h9-10,14,22H,6-8,11-13,15H2,1-5H3,(H2,25,26,30). The van der Waals surface area contributed by atoms with Gasteiger partial charge in [-0.25, -0.2) is 9.59 Å². The average molecular weight is 462 g/mol. The number of allylic oxidation sites excluding steroid dienone is 1. The van der Waals surface area contributed by atoms with Gasteiger partial charge in [-0.15, -0.1) is 0 Å². The van der Waals surface area contributed by atoms with Crippen LogP contribution < -0.4 is 20.1 Å². The number of hydrogen-bond acceptors (Lipinski definition) is 6. The van der Waals surface area contributed by atoms with Crippen molar-refractivity contribution in [2.45, 2.75) is 53.0 Å². The van der Waals surface area contributed by atoms with Gasteiger partial charge in [0.15, 0.2) is 18.1 Å². The van der Waals surface area contributed by atoms with Crippen LogP contribution >= 0.6 is 0 Å². The van der Waals surface area contributed by atoms with Gasteiger partial charge >= 0.3 is 12.0 Å². The zero-order valence-electron chi connectivity index (χ0n) is 20.2. The Kier molecular flexibility index (Phi) is 10.0. The SMILES string of the molecule is CCCOC(=O)C1=C(C)NC(=O)NC1c1ccc(OCC(=O)N(CCC)CCC)c(OC)c1. The molecule has 2 rings (SSSR count). The highest BCUT2D eigenvalue weighted by Gasteiger charge is 2.32. The summed E-state index contributed by atoms with van der Waals surface area (Å²) in [6.45, 7) is 9.17. The second-order valence-electron chi connectivity index (χ2n) is 7.79. The molecule has 0 bridgehead atoms. The van der Waals surface area contributed by atoms with E-state index in [9.17, 15) is 14.4 Å². The lowest BCUT2D eigenvalue weighted by atomic mass is 9.95. The highest BCUT2D eigenvalue weighted by Crippen LogP contribution is 2.34. The first-order chi connectivity index (χ1) is 15.9. The minimum Gasteiger partial charge on any atom is -0.493 e. The van der Waals surface area contributed by atoms with E-state index in [1.165, 1.54) is 7.11 Å². The number of nitrogens with one attached hydrogen (secondary N) is 2. The van der Waals surface area contributed by atoms with Crippen LogP contribution in [0.25, 0.3) is 0 Å². The van der Waals surface area contributed by atoms with Crippen molar-refractivity contribution >= 4 is 17.9 Å². The van der Waals surface area contributed by atoms with Gasteiger partial charge in [0.1, 0.15) is 0 Å². The number of ether oxygens (including phenoxy) is 3. The maximum Gasteiger partial charge on any atom is 0.338 e. The molecule has 1 aliphatic heterocycles. The first-order valence-corrected chi connectivity index (χ1v) is 11.4. The van der Waals surface area contributed by atoms with E-state index < -0.39 is 18.0 Å². The van der Waals surface area contributed by atoms with Crippen LogP contribution in [0.1, 0.15) is 58.6 Å². The highest BCUT2D eigenvalue weighted by atomic mass is 16.5. The third kappa shape index (κ3) is 6.87. The smallest absolute Gasteiger partial charge is 0.338 e. The molecule has 1 aromatic carbocycles. The van der Waals surface area contributed by atoms with Crippen molar-refractivity contribution in [2.75, 3.05) is 33.4 Å². The lowest BCUT2D eigenvalue weighted by Gasteiger charge is -2.28. The fraction of sp³-hybridized carbons (Fsp3) is 0.542. The molecule has 1 atom stereocenters. The van der Waals surface area contributed by atoms with Crippen molar-refractivity contribution in [2.24, 2.45) is 0 Å². The minimum atomic E-state index is -0.711. The summed E-state index contributed by atoms with van der Waals surface area (Å²) in [6.07, 6.45) is 2.44. The molecule has 0 aromatic heterocycles. The maximum absolute atomic E-state index is 12.7. The van der Waals surface area contributed by atoms with E-state index in [4.69, 9.17) is 14.2 Å². The van der Waals surface area contributed by atoms with Gasteiger partial charge in [-0.05, 0) is 43.9 Å². The number of carbonyl (C=O) groups excluding carboxylic acids is 3. The van der Waals surface area contributed by atoms with Gasteiger partial charge in [-0.1, -0.05) is 26.8 Å². The second kappa shape index (κ2) is 12.7. The van der Waals surface area contributed by atoms with Crippen LogP contribution in [0.3, 0.4) is 0 Å². The molecule has 0 radical (unpaired) electrons. The van der Waals surface area contributed by atoms with Gasteiger partial charge in [0, 0.05) is 18.8 Å². The van der Waals surface area contributed by atoms with Gasteiger partial charge in [0.05, 0.1) is 25.3 Å². The van der Waals surface area contributed by atoms with Crippen molar-refractivity contribution in [3.05, 3.63) is 35.0 Å². The summed E-state index contributed by atoms with van der Waals surface area (Å²) >= 11 is 0. The second-order valence-corrected chi connectivity index (χ2v) is 7.79. The predicted octanol–water partition coefficient (Wildman–Crippen LogP) is 3.30. The van der Waals surface area contributed by atoms with Crippen LogP contribution in [0.2, 0.25) is 0 Å². The number of urea groups is 1. The molecule has 1 heterocycles. The number of rotatable bonds is 12. The average Bonchev–Trinajstić information content (AvgIpc) is 2.80. The normalized spacial score (nSPS) is 15.4. The zero-order chi connectivity index (χ0) is 24.4. The molecule has 1 aromatic rings. The monoisotopic (exact) mass is 461 g/mol. The Balaban J connectivity index is 2.24. The topological polar surface area (TPSA) is 106 Å². The van der Waals surface area contributed by atoms with Crippen molar-refractivity contribution in [1.29, 1.82) is 0 Å². The van der Waals surface area contributed by atoms with Gasteiger partial charge in [0.25, 0.3) is 5.91 Å². The number of benzene rings is 1. The molecule has 1 aliphatic rings. The fourth-order valence-electron chi connectivity index (χ4n) is 3.60. The molecular formula is C24H35N3O6. The summed E-state index contributed by atoms with van der Waals surface area (Å²) in [6, 6.07) is 3.96.